The van der Waals surface area contributed by atoms with E-state index in [2.05, 4.69) is 10.6 Å². The van der Waals surface area contributed by atoms with Crippen molar-refractivity contribution in [1.29, 1.82) is 0 Å². The number of anilines is 1. The Hall–Kier alpha value is -2.24. The number of hydrogen-bond acceptors (Lipinski definition) is 3. The fourth-order valence-corrected chi connectivity index (χ4v) is 2.25. The van der Waals surface area contributed by atoms with Gasteiger partial charge in [0, 0.05) is 24.2 Å². The number of rotatable bonds is 6. The second kappa shape index (κ2) is 8.57. The molecule has 0 saturated heterocycles. The van der Waals surface area contributed by atoms with Crippen molar-refractivity contribution in [2.24, 2.45) is 0 Å². The quantitative estimate of drug-likeness (QED) is 0.817. The minimum Gasteiger partial charge on any atom is -0.497 e. The molecule has 0 fully saturated rings. The number of nitrogens with one attached hydrogen (secondary N) is 2. The van der Waals surface area contributed by atoms with Gasteiger partial charge in [0.2, 0.25) is 5.91 Å². The first-order chi connectivity index (χ1) is 11.5. The fraction of sp³-hybridized carbons (Fsp3) is 0.176. The average molecular weight is 367 g/mol. The molecule has 24 heavy (non-hydrogen) atoms. The number of amides is 2. The Kier molecular flexibility index (Phi) is 6.46. The van der Waals surface area contributed by atoms with Crippen LogP contribution < -0.4 is 15.4 Å². The molecule has 2 N–H and O–H groups in total. The third kappa shape index (κ3) is 5.15. The van der Waals surface area contributed by atoms with Crippen molar-refractivity contribution in [1.82, 2.24) is 5.32 Å². The smallest absolute Gasteiger partial charge is 0.251 e. The second-order valence-corrected chi connectivity index (χ2v) is 5.73. The summed E-state index contributed by atoms with van der Waals surface area (Å²) in [6.45, 7) is 0.212. The molecule has 0 atom stereocenters. The van der Waals surface area contributed by atoms with Crippen LogP contribution in [0.25, 0.3) is 0 Å². The fourth-order valence-electron chi connectivity index (χ4n) is 1.95. The molecule has 2 rings (SSSR count). The van der Waals surface area contributed by atoms with Crippen LogP contribution in [0, 0.1) is 0 Å². The van der Waals surface area contributed by atoms with Crippen molar-refractivity contribution in [2.45, 2.75) is 6.42 Å². The predicted molar refractivity (Wildman–Crippen MR) is 95.0 cm³/mol. The van der Waals surface area contributed by atoms with Gasteiger partial charge in [-0.1, -0.05) is 29.3 Å². The second-order valence-electron chi connectivity index (χ2n) is 4.91. The molecule has 0 aromatic heterocycles. The molecule has 2 aromatic carbocycles. The predicted octanol–water partition coefficient (Wildman–Crippen LogP) is 3.76. The lowest BCUT2D eigenvalue weighted by atomic mass is 10.2. The van der Waals surface area contributed by atoms with E-state index < -0.39 is 0 Å². The minimum atomic E-state index is -0.267. The first-order valence-corrected chi connectivity index (χ1v) is 7.92. The molecule has 2 aromatic rings. The summed E-state index contributed by atoms with van der Waals surface area (Å²) in [5.74, 6) is 0.0931. The monoisotopic (exact) mass is 366 g/mol. The average Bonchev–Trinajstić information content (AvgIpc) is 2.58. The van der Waals surface area contributed by atoms with Crippen LogP contribution in [-0.2, 0) is 4.79 Å². The van der Waals surface area contributed by atoms with Gasteiger partial charge in [-0.25, -0.2) is 0 Å². The molecule has 0 unspecified atom stereocenters. The molecule has 0 saturated carbocycles. The van der Waals surface area contributed by atoms with Gasteiger partial charge < -0.3 is 15.4 Å². The Morgan fingerprint density at radius 1 is 1.08 bits per heavy atom. The van der Waals surface area contributed by atoms with Crippen LogP contribution in [-0.4, -0.2) is 25.5 Å². The Morgan fingerprint density at radius 3 is 2.58 bits per heavy atom. The number of methoxy groups -OCH3 is 1. The van der Waals surface area contributed by atoms with E-state index >= 15 is 0 Å². The van der Waals surface area contributed by atoms with Gasteiger partial charge in [-0.2, -0.15) is 0 Å². The number of carbonyl (C=O) groups excluding carboxylic acids is 2. The summed E-state index contributed by atoms with van der Waals surface area (Å²) in [6, 6.07) is 11.6. The van der Waals surface area contributed by atoms with Crippen molar-refractivity contribution in [3.05, 3.63) is 58.1 Å². The number of carbonyl (C=O) groups is 2. The maximum absolute atomic E-state index is 12.0. The van der Waals surface area contributed by atoms with Crippen LogP contribution in [0.1, 0.15) is 16.8 Å². The van der Waals surface area contributed by atoms with Crippen LogP contribution in [0.4, 0.5) is 5.69 Å². The van der Waals surface area contributed by atoms with Gasteiger partial charge in [0.05, 0.1) is 17.2 Å². The minimum absolute atomic E-state index is 0.135. The molecule has 7 heteroatoms. The van der Waals surface area contributed by atoms with Gasteiger partial charge in [-0.3, -0.25) is 9.59 Å². The Bertz CT molecular complexity index is 750. The van der Waals surface area contributed by atoms with E-state index in [1.165, 1.54) is 7.11 Å². The van der Waals surface area contributed by atoms with Gasteiger partial charge in [0.25, 0.3) is 5.91 Å². The lowest BCUT2D eigenvalue weighted by molar-refractivity contribution is -0.116. The zero-order valence-corrected chi connectivity index (χ0v) is 14.4. The van der Waals surface area contributed by atoms with Gasteiger partial charge in [0.15, 0.2) is 0 Å². The summed E-state index contributed by atoms with van der Waals surface area (Å²) in [6.07, 6.45) is 0.135. The molecule has 0 radical (unpaired) electrons. The molecular weight excluding hydrogens is 351 g/mol. The van der Waals surface area contributed by atoms with Crippen LogP contribution in [0.3, 0.4) is 0 Å². The highest BCUT2D eigenvalue weighted by Gasteiger charge is 2.08. The van der Waals surface area contributed by atoms with E-state index in [4.69, 9.17) is 27.9 Å². The van der Waals surface area contributed by atoms with Crippen molar-refractivity contribution in [3.63, 3.8) is 0 Å². The normalized spacial score (nSPS) is 10.1. The summed E-state index contributed by atoms with van der Waals surface area (Å²) in [7, 11) is 1.53. The highest BCUT2D eigenvalue weighted by Crippen LogP contribution is 2.25. The number of benzene rings is 2. The summed E-state index contributed by atoms with van der Waals surface area (Å²) >= 11 is 11.7. The number of hydrogen-bond donors (Lipinski definition) is 2. The zero-order chi connectivity index (χ0) is 17.5. The molecule has 0 aliphatic heterocycles. The molecule has 0 spiro atoms. The molecule has 0 bridgehead atoms. The summed E-state index contributed by atoms with van der Waals surface area (Å²) in [5, 5.41) is 6.15. The van der Waals surface area contributed by atoms with Crippen molar-refractivity contribution in [3.8, 4) is 5.75 Å². The topological polar surface area (TPSA) is 67.4 Å². The van der Waals surface area contributed by atoms with E-state index in [0.29, 0.717) is 27.0 Å². The van der Waals surface area contributed by atoms with E-state index in [-0.39, 0.29) is 24.8 Å². The van der Waals surface area contributed by atoms with E-state index in [0.717, 1.165) is 0 Å². The maximum Gasteiger partial charge on any atom is 0.251 e. The number of halogens is 2. The van der Waals surface area contributed by atoms with Crippen LogP contribution in [0.15, 0.2) is 42.5 Å². The van der Waals surface area contributed by atoms with E-state index in [1.54, 1.807) is 42.5 Å². The summed E-state index contributed by atoms with van der Waals surface area (Å²) < 4.78 is 5.07. The summed E-state index contributed by atoms with van der Waals surface area (Å²) in [5.41, 5.74) is 1.02. The number of ether oxygens (including phenoxy) is 1. The first-order valence-electron chi connectivity index (χ1n) is 7.17. The third-order valence-corrected chi connectivity index (χ3v) is 3.91. The van der Waals surface area contributed by atoms with Gasteiger partial charge >= 0.3 is 0 Å². The molecule has 5 nitrogen and oxygen atoms in total. The zero-order valence-electron chi connectivity index (χ0n) is 12.9. The van der Waals surface area contributed by atoms with Crippen molar-refractivity contribution >= 4 is 40.7 Å². The molecule has 126 valence electrons. The lowest BCUT2D eigenvalue weighted by Gasteiger charge is -2.08. The van der Waals surface area contributed by atoms with Crippen LogP contribution in [0.2, 0.25) is 10.0 Å². The van der Waals surface area contributed by atoms with Gasteiger partial charge in [0.1, 0.15) is 5.75 Å². The Balaban J connectivity index is 1.81. The van der Waals surface area contributed by atoms with Crippen molar-refractivity contribution in [2.75, 3.05) is 19.0 Å². The lowest BCUT2D eigenvalue weighted by Crippen LogP contribution is -2.27. The van der Waals surface area contributed by atoms with Crippen LogP contribution in [0.5, 0.6) is 5.75 Å². The molecule has 0 aliphatic rings. The molecule has 0 heterocycles. The van der Waals surface area contributed by atoms with Crippen molar-refractivity contribution < 1.29 is 14.3 Å². The van der Waals surface area contributed by atoms with Gasteiger partial charge in [-0.05, 0) is 36.4 Å². The standard InChI is InChI=1S/C17H16Cl2N2O3/c1-24-13-4-2-3-11(9-13)17(23)20-8-7-16(22)21-12-5-6-14(18)15(19)10-12/h2-6,9-10H,7-8H2,1H3,(H,20,23)(H,21,22). The highest BCUT2D eigenvalue weighted by atomic mass is 35.5. The highest BCUT2D eigenvalue weighted by molar-refractivity contribution is 6.42. The van der Waals surface area contributed by atoms with Crippen LogP contribution >= 0.6 is 23.2 Å². The Labute approximate surface area is 149 Å². The summed E-state index contributed by atoms with van der Waals surface area (Å²) in [4.78, 5) is 23.9. The first kappa shape index (κ1) is 18.1. The maximum atomic E-state index is 12.0. The molecule has 0 aliphatic carbocycles. The third-order valence-electron chi connectivity index (χ3n) is 3.17. The SMILES string of the molecule is COc1cccc(C(=O)NCCC(=O)Nc2ccc(Cl)c(Cl)c2)c1. The van der Waals surface area contributed by atoms with E-state index in [9.17, 15) is 9.59 Å². The largest absolute Gasteiger partial charge is 0.497 e. The molecular formula is C17H16Cl2N2O3. The molecule has 2 amide bonds. The van der Waals surface area contributed by atoms with Gasteiger partial charge in [-0.15, -0.1) is 0 Å². The van der Waals surface area contributed by atoms with E-state index in [1.807, 2.05) is 0 Å². The Morgan fingerprint density at radius 2 is 1.88 bits per heavy atom.